The van der Waals surface area contributed by atoms with Gasteiger partial charge in [0.2, 0.25) is 0 Å². The monoisotopic (exact) mass is 464 g/mol. The highest BCUT2D eigenvalue weighted by Gasteiger charge is 2.11. The summed E-state index contributed by atoms with van der Waals surface area (Å²) in [5.41, 5.74) is 1.23. The molecule has 7 heteroatoms. The molecule has 0 atom stereocenters. The van der Waals surface area contributed by atoms with Crippen molar-refractivity contribution >= 4 is 44.9 Å². The Kier molecular flexibility index (Phi) is 8.73. The van der Waals surface area contributed by atoms with Gasteiger partial charge < -0.3 is 14.8 Å². The van der Waals surface area contributed by atoms with Crippen LogP contribution in [-0.2, 0) is 0 Å². The Balaban J connectivity index is 1.95. The van der Waals surface area contributed by atoms with Crippen LogP contribution in [0.15, 0.2) is 46.9 Å². The second kappa shape index (κ2) is 11.0. The maximum Gasteiger partial charge on any atom is 0.257 e. The molecule has 0 spiro atoms. The van der Waals surface area contributed by atoms with E-state index in [0.717, 1.165) is 22.3 Å². The smallest absolute Gasteiger partial charge is 0.257 e. The van der Waals surface area contributed by atoms with Crippen molar-refractivity contribution in [1.29, 1.82) is 0 Å². The van der Waals surface area contributed by atoms with Gasteiger partial charge >= 0.3 is 0 Å². The van der Waals surface area contributed by atoms with E-state index in [2.05, 4.69) is 40.4 Å². The number of carbonyl (C=O) groups excluding carboxylic acids is 1. The molecule has 0 radical (unpaired) electrons. The van der Waals surface area contributed by atoms with Gasteiger partial charge in [-0.3, -0.25) is 10.1 Å². The van der Waals surface area contributed by atoms with E-state index in [-0.39, 0.29) is 11.0 Å². The molecular formula is C21H25BrN2O3S. The lowest BCUT2D eigenvalue weighted by Crippen LogP contribution is -2.34. The molecule has 0 saturated carbocycles. The molecule has 2 rings (SSSR count). The Hall–Kier alpha value is -2.12. The molecule has 0 aliphatic carbocycles. The molecule has 0 aromatic heterocycles. The highest BCUT2D eigenvalue weighted by molar-refractivity contribution is 9.10. The molecule has 2 aromatic rings. The van der Waals surface area contributed by atoms with Crippen LogP contribution in [-0.4, -0.2) is 24.2 Å². The molecule has 0 fully saturated rings. The van der Waals surface area contributed by atoms with E-state index in [9.17, 15) is 4.79 Å². The molecule has 2 N–H and O–H groups in total. The Labute approximate surface area is 179 Å². The summed E-state index contributed by atoms with van der Waals surface area (Å²) in [6, 6.07) is 12.6. The number of anilines is 1. The third-order valence-electron chi connectivity index (χ3n) is 3.56. The standard InChI is InChI=1S/C21H25BrN2O3S/c1-4-10-26-17-7-5-6-16(12-17)23-21(28)24-20(25)15-8-9-19(18(22)11-15)27-13-14(2)3/h5-9,11-12,14H,4,10,13H2,1-3H3,(H2,23,24,25,28). The third-order valence-corrected chi connectivity index (χ3v) is 4.38. The topological polar surface area (TPSA) is 59.6 Å². The van der Waals surface area contributed by atoms with Crippen LogP contribution < -0.4 is 20.1 Å². The van der Waals surface area contributed by atoms with Gasteiger partial charge in [0.15, 0.2) is 5.11 Å². The third kappa shape index (κ3) is 7.13. The Morgan fingerprint density at radius 2 is 1.96 bits per heavy atom. The van der Waals surface area contributed by atoms with Crippen LogP contribution in [0.3, 0.4) is 0 Å². The number of rotatable bonds is 8. The zero-order valence-corrected chi connectivity index (χ0v) is 18.7. The molecule has 2 aromatic carbocycles. The molecule has 28 heavy (non-hydrogen) atoms. The minimum atomic E-state index is -0.299. The van der Waals surface area contributed by atoms with Crippen LogP contribution in [0.2, 0.25) is 0 Å². The molecule has 5 nitrogen and oxygen atoms in total. The largest absolute Gasteiger partial charge is 0.494 e. The van der Waals surface area contributed by atoms with Crippen LogP contribution >= 0.6 is 28.1 Å². The summed E-state index contributed by atoms with van der Waals surface area (Å²) in [6.45, 7) is 7.47. The highest BCUT2D eigenvalue weighted by atomic mass is 79.9. The number of carbonyl (C=O) groups is 1. The lowest BCUT2D eigenvalue weighted by molar-refractivity contribution is 0.0977. The van der Waals surface area contributed by atoms with Gasteiger partial charge in [-0.05, 0) is 70.8 Å². The number of thiocarbonyl (C=S) groups is 1. The van der Waals surface area contributed by atoms with Crippen LogP contribution in [0.4, 0.5) is 5.69 Å². The molecule has 0 unspecified atom stereocenters. The van der Waals surface area contributed by atoms with Crippen molar-refractivity contribution in [3.8, 4) is 11.5 Å². The van der Waals surface area contributed by atoms with E-state index in [1.165, 1.54) is 0 Å². The molecule has 0 bridgehead atoms. The summed E-state index contributed by atoms with van der Waals surface area (Å²) in [7, 11) is 0. The first-order valence-corrected chi connectivity index (χ1v) is 10.4. The first-order chi connectivity index (χ1) is 13.4. The fourth-order valence-corrected chi connectivity index (χ4v) is 2.94. The second-order valence-corrected chi connectivity index (χ2v) is 7.90. The van der Waals surface area contributed by atoms with Crippen molar-refractivity contribution in [2.75, 3.05) is 18.5 Å². The molecule has 0 aliphatic heterocycles. The summed E-state index contributed by atoms with van der Waals surface area (Å²) in [6.07, 6.45) is 0.934. The fraction of sp³-hybridized carbons (Fsp3) is 0.333. The summed E-state index contributed by atoms with van der Waals surface area (Å²) in [5, 5.41) is 5.90. The van der Waals surface area contributed by atoms with Gasteiger partial charge in [-0.25, -0.2) is 0 Å². The fourth-order valence-electron chi connectivity index (χ4n) is 2.24. The lowest BCUT2D eigenvalue weighted by Gasteiger charge is -2.13. The number of amides is 1. The average Bonchev–Trinajstić information content (AvgIpc) is 2.65. The molecule has 0 heterocycles. The van der Waals surface area contributed by atoms with Crippen LogP contribution in [0.5, 0.6) is 11.5 Å². The summed E-state index contributed by atoms with van der Waals surface area (Å²) in [4.78, 5) is 12.5. The molecule has 1 amide bonds. The summed E-state index contributed by atoms with van der Waals surface area (Å²) < 4.78 is 12.0. The van der Waals surface area contributed by atoms with Gasteiger partial charge in [0.25, 0.3) is 5.91 Å². The Morgan fingerprint density at radius 1 is 1.18 bits per heavy atom. The molecular weight excluding hydrogens is 440 g/mol. The van der Waals surface area contributed by atoms with Crippen molar-refractivity contribution in [3.05, 3.63) is 52.5 Å². The zero-order chi connectivity index (χ0) is 20.5. The minimum absolute atomic E-state index is 0.217. The maximum absolute atomic E-state index is 12.5. The van der Waals surface area contributed by atoms with Crippen molar-refractivity contribution < 1.29 is 14.3 Å². The predicted molar refractivity (Wildman–Crippen MR) is 120 cm³/mol. The number of halogens is 1. The Morgan fingerprint density at radius 3 is 2.64 bits per heavy atom. The first-order valence-electron chi connectivity index (χ1n) is 9.16. The van der Waals surface area contributed by atoms with E-state index >= 15 is 0 Å². The average molecular weight is 465 g/mol. The van der Waals surface area contributed by atoms with Crippen LogP contribution in [0.25, 0.3) is 0 Å². The maximum atomic E-state index is 12.5. The quantitative estimate of drug-likeness (QED) is 0.512. The number of nitrogens with one attached hydrogen (secondary N) is 2. The Bertz CT molecular complexity index is 827. The first kappa shape index (κ1) is 22.2. The van der Waals surface area contributed by atoms with Gasteiger partial charge in [0, 0.05) is 17.3 Å². The van der Waals surface area contributed by atoms with Crippen molar-refractivity contribution in [2.45, 2.75) is 27.2 Å². The van der Waals surface area contributed by atoms with Gasteiger partial charge in [0.1, 0.15) is 11.5 Å². The van der Waals surface area contributed by atoms with E-state index in [4.69, 9.17) is 21.7 Å². The van der Waals surface area contributed by atoms with E-state index in [0.29, 0.717) is 30.4 Å². The SMILES string of the molecule is CCCOc1cccc(NC(=S)NC(=O)c2ccc(OCC(C)C)c(Br)c2)c1. The van der Waals surface area contributed by atoms with Crippen LogP contribution in [0.1, 0.15) is 37.6 Å². The van der Waals surface area contributed by atoms with Gasteiger partial charge in [-0.15, -0.1) is 0 Å². The minimum Gasteiger partial charge on any atom is -0.494 e. The van der Waals surface area contributed by atoms with Crippen molar-refractivity contribution in [1.82, 2.24) is 5.32 Å². The second-order valence-electron chi connectivity index (χ2n) is 6.63. The number of benzene rings is 2. The van der Waals surface area contributed by atoms with Crippen molar-refractivity contribution in [2.24, 2.45) is 5.92 Å². The normalized spacial score (nSPS) is 10.5. The highest BCUT2D eigenvalue weighted by Crippen LogP contribution is 2.26. The number of hydrogen-bond donors (Lipinski definition) is 2. The van der Waals surface area contributed by atoms with E-state index < -0.39 is 0 Å². The molecule has 150 valence electrons. The lowest BCUT2D eigenvalue weighted by atomic mass is 10.2. The molecule has 0 saturated heterocycles. The number of ether oxygens (including phenoxy) is 2. The van der Waals surface area contributed by atoms with Crippen LogP contribution in [0, 0.1) is 5.92 Å². The van der Waals surface area contributed by atoms with Gasteiger partial charge in [-0.2, -0.15) is 0 Å². The van der Waals surface area contributed by atoms with E-state index in [1.807, 2.05) is 31.2 Å². The van der Waals surface area contributed by atoms with Gasteiger partial charge in [0.05, 0.1) is 17.7 Å². The number of hydrogen-bond acceptors (Lipinski definition) is 4. The van der Waals surface area contributed by atoms with Gasteiger partial charge in [-0.1, -0.05) is 26.8 Å². The van der Waals surface area contributed by atoms with E-state index in [1.54, 1.807) is 18.2 Å². The zero-order valence-electron chi connectivity index (χ0n) is 16.3. The molecule has 0 aliphatic rings. The predicted octanol–water partition coefficient (Wildman–Crippen LogP) is 5.40. The summed E-state index contributed by atoms with van der Waals surface area (Å²) >= 11 is 8.70. The van der Waals surface area contributed by atoms with Crippen molar-refractivity contribution in [3.63, 3.8) is 0 Å². The summed E-state index contributed by atoms with van der Waals surface area (Å²) in [5.74, 6) is 1.58.